The molecule has 0 radical (unpaired) electrons. The lowest BCUT2D eigenvalue weighted by atomic mass is 9.93. The molecule has 2 amide bonds. The number of ether oxygens (including phenoxy) is 1. The number of hydrazone groups is 1. The number of carbonyl (C=O) groups excluding carboxylic acids is 3. The van der Waals surface area contributed by atoms with E-state index in [0.717, 1.165) is 12.0 Å². The van der Waals surface area contributed by atoms with Crippen LogP contribution in [0.25, 0.3) is 0 Å². The minimum absolute atomic E-state index is 0.0792. The Kier molecular flexibility index (Phi) is 6.48. The number of aryl methyl sites for hydroxylation is 1. The van der Waals surface area contributed by atoms with E-state index in [2.05, 4.69) is 10.5 Å². The van der Waals surface area contributed by atoms with Gasteiger partial charge in [-0.05, 0) is 56.9 Å². The average molecular weight is 453 g/mol. The molecule has 2 heterocycles. The molecule has 1 aliphatic carbocycles. The van der Waals surface area contributed by atoms with Gasteiger partial charge >= 0.3 is 5.97 Å². The summed E-state index contributed by atoms with van der Waals surface area (Å²) < 4.78 is 10.8. The summed E-state index contributed by atoms with van der Waals surface area (Å²) in [5.74, 6) is 0.0664. The number of hydrogen-bond donors (Lipinski definition) is 2. The smallest absolute Gasteiger partial charge is 0.308 e. The Morgan fingerprint density at radius 2 is 1.85 bits per heavy atom. The van der Waals surface area contributed by atoms with E-state index in [9.17, 15) is 19.5 Å². The Labute approximate surface area is 191 Å². The number of furan rings is 1. The predicted molar refractivity (Wildman–Crippen MR) is 119 cm³/mol. The number of esters is 1. The lowest BCUT2D eigenvalue weighted by molar-refractivity contribution is -0.146. The first-order chi connectivity index (χ1) is 15.9. The van der Waals surface area contributed by atoms with E-state index in [0.29, 0.717) is 61.4 Å². The fourth-order valence-corrected chi connectivity index (χ4v) is 4.41. The van der Waals surface area contributed by atoms with Crippen molar-refractivity contribution in [3.05, 3.63) is 52.5 Å². The molecule has 9 heteroatoms. The molecule has 1 aliphatic heterocycles. The maximum atomic E-state index is 13.2. The van der Waals surface area contributed by atoms with Gasteiger partial charge in [-0.25, -0.2) is 5.43 Å². The maximum absolute atomic E-state index is 13.2. The van der Waals surface area contributed by atoms with Crippen molar-refractivity contribution in [2.45, 2.75) is 39.0 Å². The van der Waals surface area contributed by atoms with E-state index in [1.807, 2.05) is 6.92 Å². The van der Waals surface area contributed by atoms with Crippen LogP contribution in [0.3, 0.4) is 0 Å². The van der Waals surface area contributed by atoms with Crippen LogP contribution < -0.4 is 5.43 Å². The molecule has 9 nitrogen and oxygen atoms in total. The number of carbonyl (C=O) groups is 3. The molecular formula is C24H27N3O6. The Hall–Kier alpha value is -3.62. The number of benzene rings is 1. The van der Waals surface area contributed by atoms with E-state index in [4.69, 9.17) is 9.15 Å². The molecule has 2 N–H and O–H groups in total. The van der Waals surface area contributed by atoms with Gasteiger partial charge in [-0.1, -0.05) is 0 Å². The number of nitrogens with one attached hydrogen (secondary N) is 1. The molecule has 1 saturated heterocycles. The van der Waals surface area contributed by atoms with Gasteiger partial charge in [0, 0.05) is 36.2 Å². The normalized spacial score (nSPS) is 17.5. The van der Waals surface area contributed by atoms with Crippen LogP contribution in [0.4, 0.5) is 0 Å². The number of phenols is 1. The van der Waals surface area contributed by atoms with Crippen molar-refractivity contribution in [2.24, 2.45) is 11.0 Å². The summed E-state index contributed by atoms with van der Waals surface area (Å²) in [4.78, 5) is 39.0. The fourth-order valence-electron chi connectivity index (χ4n) is 4.41. The summed E-state index contributed by atoms with van der Waals surface area (Å²) >= 11 is 0. The predicted octanol–water partition coefficient (Wildman–Crippen LogP) is 2.79. The fraction of sp³-hybridized carbons (Fsp3) is 0.417. The first-order valence-corrected chi connectivity index (χ1v) is 11.0. The third kappa shape index (κ3) is 4.62. The Morgan fingerprint density at radius 1 is 1.15 bits per heavy atom. The van der Waals surface area contributed by atoms with Gasteiger partial charge in [0.2, 0.25) is 0 Å². The molecule has 174 valence electrons. The molecule has 0 spiro atoms. The minimum Gasteiger partial charge on any atom is -0.508 e. The van der Waals surface area contributed by atoms with Gasteiger partial charge in [0.15, 0.2) is 5.76 Å². The third-order valence-electron chi connectivity index (χ3n) is 6.26. The van der Waals surface area contributed by atoms with Crippen LogP contribution in [0.5, 0.6) is 5.75 Å². The van der Waals surface area contributed by atoms with Crippen LogP contribution in [0.1, 0.15) is 63.5 Å². The van der Waals surface area contributed by atoms with Gasteiger partial charge in [-0.3, -0.25) is 14.4 Å². The third-order valence-corrected chi connectivity index (χ3v) is 6.26. The van der Waals surface area contributed by atoms with Crippen LogP contribution in [0, 0.1) is 12.8 Å². The number of phenolic OH excluding ortho intramolecular Hbond substituents is 1. The number of methoxy groups -OCH3 is 1. The molecule has 2 aromatic rings. The highest BCUT2D eigenvalue weighted by molar-refractivity contribution is 6.07. The van der Waals surface area contributed by atoms with Crippen molar-refractivity contribution in [3.8, 4) is 5.75 Å². The van der Waals surface area contributed by atoms with Crippen molar-refractivity contribution in [3.63, 3.8) is 0 Å². The van der Waals surface area contributed by atoms with Crippen LogP contribution in [0.15, 0.2) is 33.8 Å². The Bertz CT molecular complexity index is 1090. The number of nitrogens with zero attached hydrogens (tertiary/aromatic N) is 2. The Morgan fingerprint density at radius 3 is 2.52 bits per heavy atom. The van der Waals surface area contributed by atoms with Crippen LogP contribution >= 0.6 is 0 Å². The zero-order valence-corrected chi connectivity index (χ0v) is 18.7. The van der Waals surface area contributed by atoms with Crippen LogP contribution in [-0.4, -0.2) is 53.7 Å². The van der Waals surface area contributed by atoms with Crippen LogP contribution in [0.2, 0.25) is 0 Å². The lowest BCUT2D eigenvalue weighted by Crippen LogP contribution is -2.40. The van der Waals surface area contributed by atoms with Crippen molar-refractivity contribution >= 4 is 23.5 Å². The topological polar surface area (TPSA) is 121 Å². The summed E-state index contributed by atoms with van der Waals surface area (Å²) in [5.41, 5.74) is 5.11. The summed E-state index contributed by atoms with van der Waals surface area (Å²) in [7, 11) is 1.38. The SMILES string of the molecule is COC(=O)C1CCN(C(=O)c2oc3c(c2C)/C(=N/NC(=O)c2ccc(O)cc2)CCC3)CC1. The monoisotopic (exact) mass is 453 g/mol. The zero-order chi connectivity index (χ0) is 23.5. The van der Waals surface area contributed by atoms with Gasteiger partial charge < -0.3 is 19.2 Å². The number of rotatable bonds is 4. The van der Waals surface area contributed by atoms with Crippen molar-refractivity contribution < 1.29 is 28.6 Å². The largest absolute Gasteiger partial charge is 0.508 e. The molecule has 0 unspecified atom stereocenters. The summed E-state index contributed by atoms with van der Waals surface area (Å²) in [5, 5.41) is 13.7. The second kappa shape index (κ2) is 9.48. The highest BCUT2D eigenvalue weighted by Gasteiger charge is 2.33. The lowest BCUT2D eigenvalue weighted by Gasteiger charge is -2.30. The van der Waals surface area contributed by atoms with E-state index >= 15 is 0 Å². The van der Waals surface area contributed by atoms with Gasteiger partial charge in [0.05, 0.1) is 18.7 Å². The summed E-state index contributed by atoms with van der Waals surface area (Å²) in [6, 6.07) is 5.90. The van der Waals surface area contributed by atoms with Crippen molar-refractivity contribution in [1.82, 2.24) is 10.3 Å². The van der Waals surface area contributed by atoms with E-state index in [-0.39, 0.29) is 35.2 Å². The van der Waals surface area contributed by atoms with Crippen molar-refractivity contribution in [2.75, 3.05) is 20.2 Å². The first kappa shape index (κ1) is 22.6. The zero-order valence-electron chi connectivity index (χ0n) is 18.7. The number of likely N-dealkylation sites (tertiary alicyclic amines) is 1. The minimum atomic E-state index is -0.388. The van der Waals surface area contributed by atoms with E-state index < -0.39 is 0 Å². The molecule has 33 heavy (non-hydrogen) atoms. The summed E-state index contributed by atoms with van der Waals surface area (Å²) in [6.07, 6.45) is 3.27. The number of aromatic hydroxyl groups is 1. The molecule has 0 bridgehead atoms. The number of fused-ring (bicyclic) bond motifs is 1. The van der Waals surface area contributed by atoms with Crippen molar-refractivity contribution in [1.29, 1.82) is 0 Å². The second-order valence-corrected chi connectivity index (χ2v) is 8.34. The Balaban J connectivity index is 1.50. The van der Waals surface area contributed by atoms with Gasteiger partial charge in [-0.15, -0.1) is 0 Å². The van der Waals surface area contributed by atoms with E-state index in [1.165, 1.54) is 31.4 Å². The molecule has 1 aromatic carbocycles. The molecule has 4 rings (SSSR count). The first-order valence-electron chi connectivity index (χ1n) is 11.0. The van der Waals surface area contributed by atoms with Gasteiger partial charge in [0.1, 0.15) is 11.5 Å². The van der Waals surface area contributed by atoms with Crippen LogP contribution in [-0.2, 0) is 16.0 Å². The second-order valence-electron chi connectivity index (χ2n) is 8.34. The quantitative estimate of drug-likeness (QED) is 0.542. The summed E-state index contributed by atoms with van der Waals surface area (Å²) in [6.45, 7) is 2.76. The van der Waals surface area contributed by atoms with Gasteiger partial charge in [0.25, 0.3) is 11.8 Å². The van der Waals surface area contributed by atoms with Gasteiger partial charge in [-0.2, -0.15) is 5.10 Å². The highest BCUT2D eigenvalue weighted by atomic mass is 16.5. The molecule has 1 fully saturated rings. The average Bonchev–Trinajstić information content (AvgIpc) is 3.19. The number of hydrogen-bond acceptors (Lipinski definition) is 7. The molecule has 1 aromatic heterocycles. The number of amides is 2. The highest BCUT2D eigenvalue weighted by Crippen LogP contribution is 2.31. The molecular weight excluding hydrogens is 426 g/mol. The molecule has 2 aliphatic rings. The number of piperidine rings is 1. The van der Waals surface area contributed by atoms with E-state index in [1.54, 1.807) is 4.90 Å². The maximum Gasteiger partial charge on any atom is 0.308 e. The molecule has 0 saturated carbocycles. The molecule has 0 atom stereocenters. The standard InChI is InChI=1S/C24H27N3O6/c1-14-20-18(25-26-22(29)15-6-8-17(28)9-7-15)4-3-5-19(20)33-21(14)23(30)27-12-10-16(11-13-27)24(31)32-2/h6-9,16,28H,3-5,10-13H2,1-2H3,(H,26,29)/b25-18+.